The van der Waals surface area contributed by atoms with Gasteiger partial charge in [-0.05, 0) is 60.9 Å². The number of fused-ring (bicyclic) bond motifs is 2. The summed E-state index contributed by atoms with van der Waals surface area (Å²) in [5.74, 6) is -2.24. The van der Waals surface area contributed by atoms with Crippen molar-refractivity contribution in [2.45, 2.75) is 19.9 Å². The zero-order valence-corrected chi connectivity index (χ0v) is 21.4. The van der Waals surface area contributed by atoms with Gasteiger partial charge in [-0.3, -0.25) is 14.5 Å². The lowest BCUT2D eigenvalue weighted by Crippen LogP contribution is -2.31. The normalized spacial score (nSPS) is 15.7. The Balaban J connectivity index is 1.52. The number of halogens is 1. The van der Waals surface area contributed by atoms with Crippen LogP contribution in [0.3, 0.4) is 0 Å². The number of hydrogen-bond acceptors (Lipinski definition) is 7. The maximum Gasteiger partial charge on any atom is 0.296 e. The van der Waals surface area contributed by atoms with Crippen LogP contribution in [0.15, 0.2) is 76.4 Å². The molecular weight excluding hydrogens is 507 g/mol. The zero-order chi connectivity index (χ0) is 26.7. The van der Waals surface area contributed by atoms with E-state index in [1.54, 1.807) is 24.3 Å². The molecule has 0 radical (unpaired) electrons. The average molecular weight is 529 g/mol. The minimum absolute atomic E-state index is 0.0661. The zero-order valence-electron chi connectivity index (χ0n) is 20.6. The number of benzene rings is 3. The highest BCUT2D eigenvalue weighted by Crippen LogP contribution is 2.45. The topological polar surface area (TPSA) is 92.9 Å². The summed E-state index contributed by atoms with van der Waals surface area (Å²) < 4.78 is 25.9. The number of carbonyl (C=O) groups excluding carboxylic acids is 2. The molecule has 0 spiro atoms. The van der Waals surface area contributed by atoms with Crippen molar-refractivity contribution in [3.8, 4) is 5.75 Å². The van der Waals surface area contributed by atoms with Gasteiger partial charge in [0.2, 0.25) is 5.78 Å². The van der Waals surface area contributed by atoms with Gasteiger partial charge in [0, 0.05) is 5.39 Å². The number of thiazole rings is 1. The van der Waals surface area contributed by atoms with Crippen molar-refractivity contribution in [2.75, 3.05) is 12.0 Å². The lowest BCUT2D eigenvalue weighted by atomic mass is 9.95. The van der Waals surface area contributed by atoms with Gasteiger partial charge in [-0.2, -0.15) is 0 Å². The molecule has 1 N–H and O–H groups in total. The molecule has 0 bridgehead atoms. The fourth-order valence-corrected chi connectivity index (χ4v) is 6.07. The van der Waals surface area contributed by atoms with Crippen molar-refractivity contribution in [3.63, 3.8) is 0 Å². The summed E-state index contributed by atoms with van der Waals surface area (Å²) in [4.78, 5) is 33.3. The Bertz CT molecular complexity index is 1800. The molecule has 1 unspecified atom stereocenters. The number of aryl methyl sites for hydroxylation is 2. The van der Waals surface area contributed by atoms with Crippen LogP contribution in [0.2, 0.25) is 0 Å². The summed E-state index contributed by atoms with van der Waals surface area (Å²) >= 11 is 1.28. The molecule has 0 saturated heterocycles. The van der Waals surface area contributed by atoms with Crippen LogP contribution in [-0.2, 0) is 4.79 Å². The minimum Gasteiger partial charge on any atom is -0.503 e. The van der Waals surface area contributed by atoms with E-state index in [0.29, 0.717) is 27.4 Å². The molecule has 38 heavy (non-hydrogen) atoms. The van der Waals surface area contributed by atoms with Gasteiger partial charge < -0.3 is 14.3 Å². The number of furan rings is 1. The van der Waals surface area contributed by atoms with Gasteiger partial charge in [0.05, 0.1) is 28.9 Å². The number of rotatable bonds is 5. The molecule has 1 amide bonds. The number of nitrogens with zero attached hydrogens (tertiary/aromatic N) is 2. The van der Waals surface area contributed by atoms with Crippen molar-refractivity contribution in [1.29, 1.82) is 0 Å². The molecule has 3 heterocycles. The van der Waals surface area contributed by atoms with Gasteiger partial charge in [-0.1, -0.05) is 41.7 Å². The Labute approximate surface area is 220 Å². The number of aliphatic hydroxyl groups excluding tert-OH is 1. The first-order valence-electron chi connectivity index (χ1n) is 11.8. The van der Waals surface area contributed by atoms with Crippen LogP contribution in [0.5, 0.6) is 5.75 Å². The lowest BCUT2D eigenvalue weighted by Gasteiger charge is -2.24. The predicted molar refractivity (Wildman–Crippen MR) is 142 cm³/mol. The first kappa shape index (κ1) is 23.9. The lowest BCUT2D eigenvalue weighted by molar-refractivity contribution is -0.117. The molecule has 3 aromatic carbocycles. The number of amides is 1. The van der Waals surface area contributed by atoms with E-state index in [-0.39, 0.29) is 11.3 Å². The van der Waals surface area contributed by atoms with Crippen LogP contribution in [-0.4, -0.2) is 28.9 Å². The van der Waals surface area contributed by atoms with Gasteiger partial charge >= 0.3 is 0 Å². The van der Waals surface area contributed by atoms with E-state index < -0.39 is 29.3 Å². The van der Waals surface area contributed by atoms with Crippen LogP contribution < -0.4 is 9.64 Å². The van der Waals surface area contributed by atoms with E-state index in [1.807, 2.05) is 26.0 Å². The number of para-hydroxylation sites is 1. The van der Waals surface area contributed by atoms with Gasteiger partial charge in [0.1, 0.15) is 5.82 Å². The molecule has 0 saturated carbocycles. The number of aliphatic hydroxyl groups is 1. The molecule has 9 heteroatoms. The van der Waals surface area contributed by atoms with E-state index in [9.17, 15) is 19.1 Å². The fourth-order valence-electron chi connectivity index (χ4n) is 4.90. The van der Waals surface area contributed by atoms with Crippen LogP contribution in [0.25, 0.3) is 21.2 Å². The Kier molecular flexibility index (Phi) is 5.53. The van der Waals surface area contributed by atoms with Crippen LogP contribution >= 0.6 is 11.3 Å². The Morgan fingerprint density at radius 2 is 1.89 bits per heavy atom. The molecular formula is C29H21FN2O5S. The number of Topliss-reactive ketones (excluding diaryl/α,β-unsaturated/α-hetero) is 1. The largest absolute Gasteiger partial charge is 0.503 e. The summed E-state index contributed by atoms with van der Waals surface area (Å²) in [5, 5.41) is 12.0. The van der Waals surface area contributed by atoms with Crippen molar-refractivity contribution in [2.24, 2.45) is 0 Å². The van der Waals surface area contributed by atoms with Crippen molar-refractivity contribution in [1.82, 2.24) is 4.98 Å². The third-order valence-corrected chi connectivity index (χ3v) is 7.62. The third kappa shape index (κ3) is 3.66. The summed E-state index contributed by atoms with van der Waals surface area (Å²) in [6.45, 7) is 3.91. The second-order valence-electron chi connectivity index (χ2n) is 9.13. The number of aromatic nitrogens is 1. The summed E-state index contributed by atoms with van der Waals surface area (Å²) in [7, 11) is 1.49. The Morgan fingerprint density at radius 3 is 2.63 bits per heavy atom. The van der Waals surface area contributed by atoms with E-state index in [4.69, 9.17) is 14.1 Å². The standard InChI is InChI=1S/C29H21FN2O5S/c1-14-11-15(2)23-21(12-14)38-29(31-23)32-24(16-7-9-18(30)10-8-16)22(26(34)28(32)35)25(33)20-13-17-5-4-6-19(36-3)27(17)37-20/h4-13,24,34H,1-3H3. The second-order valence-corrected chi connectivity index (χ2v) is 10.1. The summed E-state index contributed by atoms with van der Waals surface area (Å²) in [6, 6.07) is 15.1. The predicted octanol–water partition coefficient (Wildman–Crippen LogP) is 6.59. The number of ketones is 1. The number of hydrogen-bond donors (Lipinski definition) is 1. The summed E-state index contributed by atoms with van der Waals surface area (Å²) in [5.41, 5.74) is 3.35. The van der Waals surface area contributed by atoms with E-state index >= 15 is 0 Å². The Morgan fingerprint density at radius 1 is 1.13 bits per heavy atom. The smallest absolute Gasteiger partial charge is 0.296 e. The van der Waals surface area contributed by atoms with Gasteiger partial charge in [-0.15, -0.1) is 0 Å². The quantitative estimate of drug-likeness (QED) is 0.259. The highest BCUT2D eigenvalue weighted by Gasteiger charge is 2.46. The van der Waals surface area contributed by atoms with Gasteiger partial charge in [-0.25, -0.2) is 9.37 Å². The van der Waals surface area contributed by atoms with Crippen molar-refractivity contribution in [3.05, 3.63) is 100 Å². The van der Waals surface area contributed by atoms with E-state index in [0.717, 1.165) is 21.3 Å². The highest BCUT2D eigenvalue weighted by molar-refractivity contribution is 7.22. The first-order valence-corrected chi connectivity index (χ1v) is 12.6. The molecule has 6 rings (SSSR count). The molecule has 1 aliphatic rings. The fraction of sp³-hybridized carbons (Fsp3) is 0.138. The summed E-state index contributed by atoms with van der Waals surface area (Å²) in [6.07, 6.45) is 0. The number of anilines is 1. The number of carbonyl (C=O) groups is 2. The van der Waals surface area contributed by atoms with E-state index in [2.05, 4.69) is 0 Å². The molecule has 5 aromatic rings. The molecule has 1 aliphatic heterocycles. The molecule has 2 aromatic heterocycles. The van der Waals surface area contributed by atoms with Gasteiger partial charge in [0.15, 0.2) is 28.0 Å². The molecule has 0 fully saturated rings. The van der Waals surface area contributed by atoms with Crippen molar-refractivity contribution >= 4 is 49.3 Å². The minimum atomic E-state index is -1.05. The SMILES string of the molecule is COc1cccc2cc(C(=O)C3=C(O)C(=O)N(c4nc5c(C)cc(C)cc5s4)C3c3ccc(F)cc3)oc12. The average Bonchev–Trinajstić information content (AvgIpc) is 3.58. The highest BCUT2D eigenvalue weighted by atomic mass is 32.1. The van der Waals surface area contributed by atoms with E-state index in [1.165, 1.54) is 47.6 Å². The molecule has 0 aliphatic carbocycles. The van der Waals surface area contributed by atoms with Crippen LogP contribution in [0, 0.1) is 19.7 Å². The molecule has 7 nitrogen and oxygen atoms in total. The second kappa shape index (κ2) is 8.81. The van der Waals surface area contributed by atoms with Crippen molar-refractivity contribution < 1.29 is 28.2 Å². The maximum atomic E-state index is 13.8. The van der Waals surface area contributed by atoms with Crippen LogP contribution in [0.4, 0.5) is 9.52 Å². The van der Waals surface area contributed by atoms with Gasteiger partial charge in [0.25, 0.3) is 5.91 Å². The monoisotopic (exact) mass is 528 g/mol. The number of methoxy groups -OCH3 is 1. The van der Waals surface area contributed by atoms with Crippen LogP contribution in [0.1, 0.15) is 33.3 Å². The molecule has 190 valence electrons. The Hall–Kier alpha value is -4.50. The first-order chi connectivity index (χ1) is 18.3. The third-order valence-electron chi connectivity index (χ3n) is 6.61. The number of ether oxygens (including phenoxy) is 1. The maximum absolute atomic E-state index is 13.8. The molecule has 1 atom stereocenters.